The van der Waals surface area contributed by atoms with Crippen LogP contribution in [0.4, 0.5) is 5.69 Å². The number of carbonyl (C=O) groups excluding carboxylic acids is 2. The van der Waals surface area contributed by atoms with E-state index in [9.17, 15) is 9.59 Å². The summed E-state index contributed by atoms with van der Waals surface area (Å²) in [6, 6.07) is 6.99. The lowest BCUT2D eigenvalue weighted by atomic mass is 10.0. The molecule has 1 aliphatic rings. The van der Waals surface area contributed by atoms with Crippen LogP contribution in [0.15, 0.2) is 24.3 Å². The minimum absolute atomic E-state index is 0. The van der Waals surface area contributed by atoms with Gasteiger partial charge in [-0.15, -0.1) is 12.4 Å². The Morgan fingerprint density at radius 3 is 2.58 bits per heavy atom. The zero-order valence-corrected chi connectivity index (χ0v) is 15.2. The van der Waals surface area contributed by atoms with Crippen molar-refractivity contribution in [1.29, 1.82) is 0 Å². The van der Waals surface area contributed by atoms with E-state index in [-0.39, 0.29) is 24.2 Å². The Labute approximate surface area is 154 Å². The van der Waals surface area contributed by atoms with Gasteiger partial charge in [-0.1, -0.05) is 11.6 Å². The molecule has 1 aliphatic heterocycles. The molecule has 7 heteroatoms. The highest BCUT2D eigenvalue weighted by Gasteiger charge is 2.15. The molecule has 1 heterocycles. The zero-order valence-electron chi connectivity index (χ0n) is 13.6. The van der Waals surface area contributed by atoms with Gasteiger partial charge in [0.05, 0.1) is 0 Å². The van der Waals surface area contributed by atoms with E-state index in [1.807, 2.05) is 0 Å². The van der Waals surface area contributed by atoms with E-state index in [2.05, 4.69) is 16.0 Å². The number of benzene rings is 1. The summed E-state index contributed by atoms with van der Waals surface area (Å²) in [5.41, 5.74) is 0.730. The molecule has 0 aromatic heterocycles. The van der Waals surface area contributed by atoms with Gasteiger partial charge in [-0.25, -0.2) is 0 Å². The van der Waals surface area contributed by atoms with E-state index >= 15 is 0 Å². The van der Waals surface area contributed by atoms with E-state index in [4.69, 9.17) is 11.6 Å². The van der Waals surface area contributed by atoms with Crippen LogP contribution >= 0.6 is 24.0 Å². The van der Waals surface area contributed by atoms with Crippen LogP contribution in [0.1, 0.15) is 32.1 Å². The molecule has 3 N–H and O–H groups in total. The molecule has 5 nitrogen and oxygen atoms in total. The average Bonchev–Trinajstić information content (AvgIpc) is 3.05. The van der Waals surface area contributed by atoms with Gasteiger partial charge in [0.15, 0.2) is 0 Å². The third-order valence-corrected chi connectivity index (χ3v) is 4.22. The van der Waals surface area contributed by atoms with Crippen LogP contribution in [0, 0.1) is 5.92 Å². The first kappa shape index (κ1) is 20.7. The van der Waals surface area contributed by atoms with Crippen molar-refractivity contribution in [3.63, 3.8) is 0 Å². The molecule has 1 saturated heterocycles. The molecule has 134 valence electrons. The second-order valence-corrected chi connectivity index (χ2v) is 6.34. The Bertz CT molecular complexity index is 517. The van der Waals surface area contributed by atoms with E-state index in [0.29, 0.717) is 36.7 Å². The topological polar surface area (TPSA) is 70.2 Å². The van der Waals surface area contributed by atoms with Gasteiger partial charge in [0.1, 0.15) is 0 Å². The summed E-state index contributed by atoms with van der Waals surface area (Å²) in [5.74, 6) is 0.652. The highest BCUT2D eigenvalue weighted by molar-refractivity contribution is 6.30. The van der Waals surface area contributed by atoms with Crippen molar-refractivity contribution >= 4 is 41.5 Å². The van der Waals surface area contributed by atoms with Gasteiger partial charge in [0.25, 0.3) is 0 Å². The van der Waals surface area contributed by atoms with E-state index in [1.54, 1.807) is 24.3 Å². The highest BCUT2D eigenvalue weighted by Crippen LogP contribution is 2.14. The molecule has 2 rings (SSSR count). The lowest BCUT2D eigenvalue weighted by molar-refractivity contribution is -0.121. The Kier molecular flexibility index (Phi) is 9.76. The van der Waals surface area contributed by atoms with Crippen molar-refractivity contribution < 1.29 is 9.59 Å². The summed E-state index contributed by atoms with van der Waals surface area (Å²) < 4.78 is 0. The fourth-order valence-electron chi connectivity index (χ4n) is 2.62. The molecular weight excluding hydrogens is 349 g/mol. The molecule has 24 heavy (non-hydrogen) atoms. The summed E-state index contributed by atoms with van der Waals surface area (Å²) in [6.45, 7) is 2.63. The maximum absolute atomic E-state index is 11.8. The van der Waals surface area contributed by atoms with Crippen LogP contribution in [0.5, 0.6) is 0 Å². The van der Waals surface area contributed by atoms with Crippen molar-refractivity contribution in [2.24, 2.45) is 5.92 Å². The van der Waals surface area contributed by atoms with Gasteiger partial charge in [-0.05, 0) is 62.5 Å². The Balaban J connectivity index is 0.00000288. The first-order valence-electron chi connectivity index (χ1n) is 8.16. The van der Waals surface area contributed by atoms with E-state index in [1.165, 1.54) is 0 Å². The fraction of sp³-hybridized carbons (Fsp3) is 0.529. The maximum Gasteiger partial charge on any atom is 0.224 e. The van der Waals surface area contributed by atoms with Crippen molar-refractivity contribution in [1.82, 2.24) is 10.6 Å². The number of rotatable bonds is 8. The lowest BCUT2D eigenvalue weighted by Gasteiger charge is -2.09. The minimum Gasteiger partial charge on any atom is -0.356 e. The predicted molar refractivity (Wildman–Crippen MR) is 99.8 cm³/mol. The monoisotopic (exact) mass is 373 g/mol. The first-order chi connectivity index (χ1) is 11.1. The molecule has 2 amide bonds. The van der Waals surface area contributed by atoms with Gasteiger partial charge >= 0.3 is 0 Å². The third kappa shape index (κ3) is 7.99. The number of hydrogen-bond acceptors (Lipinski definition) is 3. The molecule has 0 aliphatic carbocycles. The van der Waals surface area contributed by atoms with Crippen LogP contribution in [0.3, 0.4) is 0 Å². The van der Waals surface area contributed by atoms with Gasteiger partial charge in [-0.2, -0.15) is 0 Å². The average molecular weight is 374 g/mol. The molecule has 0 spiro atoms. The van der Waals surface area contributed by atoms with Crippen LogP contribution in [0.2, 0.25) is 5.02 Å². The fourth-order valence-corrected chi connectivity index (χ4v) is 2.74. The molecular formula is C17H25Cl2N3O2. The van der Waals surface area contributed by atoms with Crippen LogP contribution in [0.25, 0.3) is 0 Å². The lowest BCUT2D eigenvalue weighted by Crippen LogP contribution is -2.26. The van der Waals surface area contributed by atoms with Crippen LogP contribution in [-0.4, -0.2) is 31.4 Å². The van der Waals surface area contributed by atoms with Gasteiger partial charge in [0.2, 0.25) is 11.8 Å². The first-order valence-corrected chi connectivity index (χ1v) is 8.54. The minimum atomic E-state index is -0.0569. The van der Waals surface area contributed by atoms with E-state index < -0.39 is 0 Å². The smallest absolute Gasteiger partial charge is 0.224 e. The SMILES string of the molecule is Cl.O=C(CCC1CCNC1)NCCCC(=O)Nc1ccc(Cl)cc1. The van der Waals surface area contributed by atoms with Gasteiger partial charge in [-0.3, -0.25) is 9.59 Å². The maximum atomic E-state index is 11.8. The standard InChI is InChI=1S/C17H24ClN3O2.ClH/c18-14-4-6-15(7-5-14)21-17(23)2-1-10-20-16(22)8-3-13-9-11-19-12-13;/h4-7,13,19H,1-3,8-12H2,(H,20,22)(H,21,23);1H. The molecule has 1 unspecified atom stereocenters. The van der Waals surface area contributed by atoms with Crippen molar-refractivity contribution in [3.8, 4) is 0 Å². The molecule has 1 aromatic carbocycles. The number of halogens is 2. The van der Waals surface area contributed by atoms with Crippen LogP contribution in [-0.2, 0) is 9.59 Å². The second-order valence-electron chi connectivity index (χ2n) is 5.91. The summed E-state index contributed by atoms with van der Waals surface area (Å²) in [7, 11) is 0. The molecule has 0 saturated carbocycles. The number of hydrogen-bond donors (Lipinski definition) is 3. The normalized spacial score (nSPS) is 16.3. The van der Waals surface area contributed by atoms with E-state index in [0.717, 1.165) is 31.6 Å². The number of nitrogens with one attached hydrogen (secondary N) is 3. The number of amides is 2. The zero-order chi connectivity index (χ0) is 16.5. The number of carbonyl (C=O) groups is 2. The van der Waals surface area contributed by atoms with Crippen LogP contribution < -0.4 is 16.0 Å². The summed E-state index contributed by atoms with van der Waals surface area (Å²) in [5, 5.41) is 9.62. The molecule has 1 atom stereocenters. The molecule has 0 bridgehead atoms. The largest absolute Gasteiger partial charge is 0.356 e. The Hall–Kier alpha value is -1.30. The molecule has 1 aromatic rings. The van der Waals surface area contributed by atoms with Crippen molar-refractivity contribution in [3.05, 3.63) is 29.3 Å². The highest BCUT2D eigenvalue weighted by atomic mass is 35.5. The van der Waals surface area contributed by atoms with Gasteiger partial charge < -0.3 is 16.0 Å². The molecule has 0 radical (unpaired) electrons. The van der Waals surface area contributed by atoms with Crippen molar-refractivity contribution in [2.45, 2.75) is 32.1 Å². The number of anilines is 1. The quantitative estimate of drug-likeness (QED) is 0.613. The van der Waals surface area contributed by atoms with Crippen molar-refractivity contribution in [2.75, 3.05) is 25.0 Å². The summed E-state index contributed by atoms with van der Waals surface area (Å²) in [4.78, 5) is 23.5. The third-order valence-electron chi connectivity index (χ3n) is 3.97. The summed E-state index contributed by atoms with van der Waals surface area (Å²) in [6.07, 6.45) is 3.70. The van der Waals surface area contributed by atoms with Gasteiger partial charge in [0, 0.05) is 30.1 Å². The molecule has 1 fully saturated rings. The summed E-state index contributed by atoms with van der Waals surface area (Å²) >= 11 is 5.79. The Morgan fingerprint density at radius 2 is 1.92 bits per heavy atom. The Morgan fingerprint density at radius 1 is 1.17 bits per heavy atom. The second kappa shape index (κ2) is 11.3. The predicted octanol–water partition coefficient (Wildman–Crippen LogP) is 2.99.